The SMILES string of the molecule is O=C([O-])[C@@H]1CO1.[K+]. The smallest absolute Gasteiger partial charge is 0.547 e. The van der Waals surface area contributed by atoms with Crippen LogP contribution >= 0.6 is 0 Å². The quantitative estimate of drug-likeness (QED) is 0.261. The molecule has 0 unspecified atom stereocenters. The minimum Gasteiger partial charge on any atom is -0.547 e. The van der Waals surface area contributed by atoms with Gasteiger partial charge in [-0.25, -0.2) is 0 Å². The first-order valence-corrected chi connectivity index (χ1v) is 1.63. The number of rotatable bonds is 1. The van der Waals surface area contributed by atoms with Crippen LogP contribution in [0.2, 0.25) is 0 Å². The second-order valence-corrected chi connectivity index (χ2v) is 1.14. The Morgan fingerprint density at radius 3 is 2.29 bits per heavy atom. The molecule has 0 aromatic rings. The van der Waals surface area contributed by atoms with Crippen LogP contribution in [0.5, 0.6) is 0 Å². The van der Waals surface area contributed by atoms with Crippen molar-refractivity contribution in [1.82, 2.24) is 0 Å². The fraction of sp³-hybridized carbons (Fsp3) is 0.667. The Morgan fingerprint density at radius 1 is 1.86 bits per heavy atom. The average Bonchev–Trinajstić information content (AvgIpc) is 2.06. The summed E-state index contributed by atoms with van der Waals surface area (Å²) in [6.45, 7) is 0.336. The van der Waals surface area contributed by atoms with Crippen LogP contribution in [0.3, 0.4) is 0 Å². The summed E-state index contributed by atoms with van der Waals surface area (Å²) in [5.74, 6) is -1.10. The molecule has 34 valence electrons. The van der Waals surface area contributed by atoms with Crippen molar-refractivity contribution in [3.63, 3.8) is 0 Å². The standard InChI is InChI=1S/C3H4O3.K/c4-3(5)2-1-6-2;/h2H,1H2,(H,4,5);/q;+1/p-1/t2-;/m0./s1. The summed E-state index contributed by atoms with van der Waals surface area (Å²) >= 11 is 0. The van der Waals surface area contributed by atoms with Gasteiger partial charge in [-0.2, -0.15) is 0 Å². The van der Waals surface area contributed by atoms with E-state index in [0.29, 0.717) is 6.61 Å². The second-order valence-electron chi connectivity index (χ2n) is 1.14. The van der Waals surface area contributed by atoms with Crippen LogP contribution in [0.4, 0.5) is 0 Å². The van der Waals surface area contributed by atoms with Crippen molar-refractivity contribution in [2.75, 3.05) is 6.61 Å². The summed E-state index contributed by atoms with van der Waals surface area (Å²) in [4.78, 5) is 9.53. The van der Waals surface area contributed by atoms with Gasteiger partial charge >= 0.3 is 51.4 Å². The molecule has 3 nitrogen and oxygen atoms in total. The molecule has 0 radical (unpaired) electrons. The fourth-order valence-electron chi connectivity index (χ4n) is 0.184. The summed E-state index contributed by atoms with van der Waals surface area (Å²) in [7, 11) is 0. The van der Waals surface area contributed by atoms with Gasteiger partial charge in [-0.1, -0.05) is 0 Å². The van der Waals surface area contributed by atoms with Gasteiger partial charge in [0.1, 0.15) is 6.10 Å². The van der Waals surface area contributed by atoms with Gasteiger partial charge < -0.3 is 14.6 Å². The maximum atomic E-state index is 9.53. The van der Waals surface area contributed by atoms with Gasteiger partial charge in [0.25, 0.3) is 0 Å². The Balaban J connectivity index is 0.000000360. The van der Waals surface area contributed by atoms with E-state index in [1.807, 2.05) is 0 Å². The molecule has 0 aromatic carbocycles. The molecule has 1 fully saturated rings. The van der Waals surface area contributed by atoms with E-state index in [4.69, 9.17) is 0 Å². The average molecular weight is 126 g/mol. The molecule has 1 heterocycles. The Bertz CT molecular complexity index is 78.2. The van der Waals surface area contributed by atoms with Crippen LogP contribution in [0.25, 0.3) is 0 Å². The zero-order valence-corrected chi connectivity index (χ0v) is 7.13. The van der Waals surface area contributed by atoms with Crippen molar-refractivity contribution < 1.29 is 66.0 Å². The maximum absolute atomic E-state index is 9.53. The summed E-state index contributed by atoms with van der Waals surface area (Å²) < 4.78 is 4.31. The third kappa shape index (κ3) is 2.79. The zero-order chi connectivity index (χ0) is 4.57. The van der Waals surface area contributed by atoms with Crippen molar-refractivity contribution in [2.24, 2.45) is 0 Å². The summed E-state index contributed by atoms with van der Waals surface area (Å²) in [6, 6.07) is 0. The minimum atomic E-state index is -1.10. The van der Waals surface area contributed by atoms with Crippen LogP contribution < -0.4 is 56.5 Å². The van der Waals surface area contributed by atoms with Gasteiger partial charge in [-0.3, -0.25) is 0 Å². The van der Waals surface area contributed by atoms with E-state index in [-0.39, 0.29) is 51.4 Å². The molecule has 0 spiro atoms. The summed E-state index contributed by atoms with van der Waals surface area (Å²) in [6.07, 6.45) is -0.593. The molecular weight excluding hydrogens is 123 g/mol. The van der Waals surface area contributed by atoms with Crippen molar-refractivity contribution in [1.29, 1.82) is 0 Å². The van der Waals surface area contributed by atoms with E-state index >= 15 is 0 Å². The van der Waals surface area contributed by atoms with E-state index in [2.05, 4.69) is 4.74 Å². The van der Waals surface area contributed by atoms with E-state index in [1.165, 1.54) is 0 Å². The number of carboxylic acids is 1. The molecule has 0 amide bonds. The minimum absolute atomic E-state index is 0. The first kappa shape index (κ1) is 8.07. The summed E-state index contributed by atoms with van der Waals surface area (Å²) in [5, 5.41) is 9.53. The molecule has 0 aromatic heterocycles. The number of epoxide rings is 1. The second kappa shape index (κ2) is 3.16. The van der Waals surface area contributed by atoms with Gasteiger partial charge in [-0.15, -0.1) is 0 Å². The predicted molar refractivity (Wildman–Crippen MR) is 14.7 cm³/mol. The number of hydrogen-bond donors (Lipinski definition) is 0. The zero-order valence-electron chi connectivity index (χ0n) is 4.01. The molecule has 1 saturated heterocycles. The van der Waals surface area contributed by atoms with Gasteiger partial charge in [0, 0.05) is 0 Å². The number of ether oxygens (including phenoxy) is 1. The normalized spacial score (nSPS) is 25.4. The van der Waals surface area contributed by atoms with Crippen LogP contribution in [0.1, 0.15) is 0 Å². The molecule has 0 N–H and O–H groups in total. The Hall–Kier alpha value is 1.07. The van der Waals surface area contributed by atoms with E-state index < -0.39 is 12.1 Å². The number of carboxylic acid groups (broad SMARTS) is 1. The predicted octanol–water partition coefficient (Wildman–Crippen LogP) is -4.86. The molecule has 0 bridgehead atoms. The molecule has 1 rings (SSSR count). The van der Waals surface area contributed by atoms with E-state index in [9.17, 15) is 9.90 Å². The number of carbonyl (C=O) groups is 1. The molecule has 7 heavy (non-hydrogen) atoms. The first-order chi connectivity index (χ1) is 2.80. The van der Waals surface area contributed by atoms with Crippen LogP contribution in [0.15, 0.2) is 0 Å². The van der Waals surface area contributed by atoms with Crippen molar-refractivity contribution in [3.8, 4) is 0 Å². The van der Waals surface area contributed by atoms with Crippen molar-refractivity contribution in [2.45, 2.75) is 6.10 Å². The summed E-state index contributed by atoms with van der Waals surface area (Å²) in [5.41, 5.74) is 0. The Kier molecular flexibility index (Phi) is 3.65. The van der Waals surface area contributed by atoms with Gasteiger partial charge in [0.2, 0.25) is 0 Å². The number of hydrogen-bond acceptors (Lipinski definition) is 3. The fourth-order valence-corrected chi connectivity index (χ4v) is 0.184. The molecular formula is C3H3KO3. The van der Waals surface area contributed by atoms with Crippen molar-refractivity contribution >= 4 is 5.97 Å². The molecule has 0 aliphatic carbocycles. The Morgan fingerprint density at radius 2 is 2.29 bits per heavy atom. The third-order valence-corrected chi connectivity index (χ3v) is 0.596. The maximum Gasteiger partial charge on any atom is 1.00 e. The first-order valence-electron chi connectivity index (χ1n) is 1.63. The van der Waals surface area contributed by atoms with Gasteiger partial charge in [0.05, 0.1) is 12.6 Å². The third-order valence-electron chi connectivity index (χ3n) is 0.596. The van der Waals surface area contributed by atoms with E-state index in [1.54, 1.807) is 0 Å². The molecule has 1 atom stereocenters. The molecule has 4 heteroatoms. The molecule has 1 aliphatic heterocycles. The molecule has 0 saturated carbocycles. The van der Waals surface area contributed by atoms with Crippen LogP contribution in [0, 0.1) is 0 Å². The monoisotopic (exact) mass is 126 g/mol. The Labute approximate surface area is 83.5 Å². The van der Waals surface area contributed by atoms with E-state index in [0.717, 1.165) is 0 Å². The van der Waals surface area contributed by atoms with Crippen LogP contribution in [-0.4, -0.2) is 18.7 Å². The largest absolute Gasteiger partial charge is 1.00 e. The van der Waals surface area contributed by atoms with Crippen LogP contribution in [-0.2, 0) is 9.53 Å². The van der Waals surface area contributed by atoms with Gasteiger partial charge in [0.15, 0.2) is 0 Å². The van der Waals surface area contributed by atoms with Crippen molar-refractivity contribution in [3.05, 3.63) is 0 Å². The van der Waals surface area contributed by atoms with Gasteiger partial charge in [-0.05, 0) is 0 Å². The topological polar surface area (TPSA) is 52.7 Å². The number of carbonyl (C=O) groups excluding carboxylic acids is 1. The number of aliphatic carboxylic acids is 1. The molecule has 1 aliphatic rings.